The van der Waals surface area contributed by atoms with Crippen molar-refractivity contribution in [1.82, 2.24) is 10.6 Å². The maximum Gasteiger partial charge on any atom is 0.234 e. The standard InChI is InChI=1S/C23H26N2OS/c1-3-20(18-13-11-17(2)12-14-18)25-22(26)16-24-23(21-10-7-15-27-21)19-8-5-4-6-9-19/h4-15,20,23-24H,3,16H2,1-2H3,(H,25,26)/t20-,23+/m1/s1. The summed E-state index contributed by atoms with van der Waals surface area (Å²) >= 11 is 1.70. The first kappa shape index (κ1) is 19.3. The molecule has 0 aliphatic carbocycles. The number of benzene rings is 2. The molecular weight excluding hydrogens is 352 g/mol. The number of carbonyl (C=O) groups excluding carboxylic acids is 1. The summed E-state index contributed by atoms with van der Waals surface area (Å²) in [6.45, 7) is 4.44. The van der Waals surface area contributed by atoms with Crippen LogP contribution in [-0.2, 0) is 4.79 Å². The summed E-state index contributed by atoms with van der Waals surface area (Å²) in [5.41, 5.74) is 3.54. The Morgan fingerprint density at radius 2 is 1.70 bits per heavy atom. The molecule has 0 fully saturated rings. The molecule has 1 aromatic heterocycles. The summed E-state index contributed by atoms with van der Waals surface area (Å²) in [5.74, 6) is 0.0138. The normalized spacial score (nSPS) is 13.1. The topological polar surface area (TPSA) is 41.1 Å². The Morgan fingerprint density at radius 3 is 2.33 bits per heavy atom. The van der Waals surface area contributed by atoms with Crippen LogP contribution in [0.2, 0.25) is 0 Å². The molecule has 4 heteroatoms. The summed E-state index contributed by atoms with van der Waals surface area (Å²) in [4.78, 5) is 13.8. The van der Waals surface area contributed by atoms with E-state index in [-0.39, 0.29) is 24.5 Å². The molecule has 2 atom stereocenters. The molecule has 3 aromatic rings. The molecule has 0 aliphatic heterocycles. The van der Waals surface area contributed by atoms with Gasteiger partial charge in [-0.2, -0.15) is 0 Å². The third-order valence-corrected chi connectivity index (χ3v) is 5.59. The van der Waals surface area contributed by atoms with Crippen LogP contribution in [0.5, 0.6) is 0 Å². The fraction of sp³-hybridized carbons (Fsp3) is 0.261. The first-order valence-corrected chi connectivity index (χ1v) is 10.2. The van der Waals surface area contributed by atoms with Gasteiger partial charge in [-0.15, -0.1) is 11.3 Å². The molecule has 0 saturated heterocycles. The molecular formula is C23H26N2OS. The van der Waals surface area contributed by atoms with Crippen LogP contribution in [0.15, 0.2) is 72.1 Å². The van der Waals surface area contributed by atoms with Gasteiger partial charge in [0.25, 0.3) is 0 Å². The fourth-order valence-electron chi connectivity index (χ4n) is 3.14. The van der Waals surface area contributed by atoms with Crippen LogP contribution in [0.1, 0.15) is 47.0 Å². The van der Waals surface area contributed by atoms with Gasteiger partial charge in [-0.3, -0.25) is 10.1 Å². The first-order chi connectivity index (χ1) is 13.2. The third-order valence-electron chi connectivity index (χ3n) is 4.65. The molecule has 2 N–H and O–H groups in total. The van der Waals surface area contributed by atoms with E-state index in [1.165, 1.54) is 16.0 Å². The van der Waals surface area contributed by atoms with E-state index in [0.29, 0.717) is 0 Å². The molecule has 0 aliphatic rings. The van der Waals surface area contributed by atoms with Gasteiger partial charge in [0.05, 0.1) is 18.6 Å². The van der Waals surface area contributed by atoms with Crippen LogP contribution >= 0.6 is 11.3 Å². The Balaban J connectivity index is 1.64. The van der Waals surface area contributed by atoms with E-state index >= 15 is 0 Å². The Bertz CT molecular complexity index is 829. The minimum absolute atomic E-state index is 0.0138. The van der Waals surface area contributed by atoms with Crippen LogP contribution in [0, 0.1) is 6.92 Å². The van der Waals surface area contributed by atoms with Crippen LogP contribution < -0.4 is 10.6 Å². The van der Waals surface area contributed by atoms with Gasteiger partial charge in [-0.25, -0.2) is 0 Å². The summed E-state index contributed by atoms with van der Waals surface area (Å²) < 4.78 is 0. The predicted molar refractivity (Wildman–Crippen MR) is 113 cm³/mol. The van der Waals surface area contributed by atoms with Crippen molar-refractivity contribution in [2.45, 2.75) is 32.4 Å². The molecule has 0 saturated carbocycles. The summed E-state index contributed by atoms with van der Waals surface area (Å²) in [6.07, 6.45) is 0.863. The largest absolute Gasteiger partial charge is 0.348 e. The molecule has 2 aromatic carbocycles. The second kappa shape index (κ2) is 9.49. The minimum Gasteiger partial charge on any atom is -0.348 e. The first-order valence-electron chi connectivity index (χ1n) is 9.35. The number of thiophene rings is 1. The van der Waals surface area contributed by atoms with Gasteiger partial charge in [0.1, 0.15) is 0 Å². The predicted octanol–water partition coefficient (Wildman–Crippen LogP) is 5.00. The number of hydrogen-bond acceptors (Lipinski definition) is 3. The zero-order valence-corrected chi connectivity index (χ0v) is 16.6. The second-order valence-electron chi connectivity index (χ2n) is 6.68. The van der Waals surface area contributed by atoms with E-state index in [0.717, 1.165) is 12.0 Å². The third kappa shape index (κ3) is 5.28. The van der Waals surface area contributed by atoms with Crippen molar-refractivity contribution in [3.63, 3.8) is 0 Å². The monoisotopic (exact) mass is 378 g/mol. The number of amides is 1. The Kier molecular flexibility index (Phi) is 6.80. The maximum absolute atomic E-state index is 12.6. The van der Waals surface area contributed by atoms with E-state index in [1.54, 1.807) is 11.3 Å². The van der Waals surface area contributed by atoms with Gasteiger partial charge < -0.3 is 5.32 Å². The fourth-order valence-corrected chi connectivity index (χ4v) is 3.97. The lowest BCUT2D eigenvalue weighted by molar-refractivity contribution is -0.121. The zero-order chi connectivity index (χ0) is 19.1. The van der Waals surface area contributed by atoms with Crippen molar-refractivity contribution in [3.8, 4) is 0 Å². The van der Waals surface area contributed by atoms with E-state index in [9.17, 15) is 4.79 Å². The van der Waals surface area contributed by atoms with Gasteiger partial charge in [-0.05, 0) is 35.9 Å². The second-order valence-corrected chi connectivity index (χ2v) is 7.66. The summed E-state index contributed by atoms with van der Waals surface area (Å²) in [6, 6.07) is 22.8. The number of hydrogen-bond donors (Lipinski definition) is 2. The van der Waals surface area contributed by atoms with Gasteiger partial charge in [0, 0.05) is 4.88 Å². The quantitative estimate of drug-likeness (QED) is 0.579. The Labute approximate surface area is 165 Å². The van der Waals surface area contributed by atoms with E-state index in [4.69, 9.17) is 0 Å². The van der Waals surface area contributed by atoms with Crippen molar-refractivity contribution >= 4 is 17.2 Å². The number of carbonyl (C=O) groups is 1. The lowest BCUT2D eigenvalue weighted by Crippen LogP contribution is -2.37. The highest BCUT2D eigenvalue weighted by Crippen LogP contribution is 2.25. The SMILES string of the molecule is CC[C@@H](NC(=O)CN[C@@H](c1ccccc1)c1cccs1)c1ccc(C)cc1. The average molecular weight is 379 g/mol. The van der Waals surface area contributed by atoms with E-state index in [1.807, 2.05) is 24.3 Å². The zero-order valence-electron chi connectivity index (χ0n) is 15.8. The van der Waals surface area contributed by atoms with Gasteiger partial charge in [-0.1, -0.05) is 73.2 Å². The van der Waals surface area contributed by atoms with Crippen LogP contribution in [0.4, 0.5) is 0 Å². The number of aryl methyl sites for hydroxylation is 1. The van der Waals surface area contributed by atoms with Gasteiger partial charge in [0.15, 0.2) is 0 Å². The Hall–Kier alpha value is -2.43. The molecule has 0 spiro atoms. The molecule has 0 bridgehead atoms. The van der Waals surface area contributed by atoms with Crippen molar-refractivity contribution in [3.05, 3.63) is 93.7 Å². The highest BCUT2D eigenvalue weighted by atomic mass is 32.1. The Morgan fingerprint density at radius 1 is 0.963 bits per heavy atom. The van der Waals surface area contributed by atoms with Gasteiger partial charge >= 0.3 is 0 Å². The smallest absolute Gasteiger partial charge is 0.234 e. The lowest BCUT2D eigenvalue weighted by Gasteiger charge is -2.21. The summed E-state index contributed by atoms with van der Waals surface area (Å²) in [7, 11) is 0. The van der Waals surface area contributed by atoms with Crippen molar-refractivity contribution in [1.29, 1.82) is 0 Å². The molecule has 1 heterocycles. The van der Waals surface area contributed by atoms with Crippen molar-refractivity contribution < 1.29 is 4.79 Å². The number of rotatable bonds is 8. The van der Waals surface area contributed by atoms with E-state index in [2.05, 4.69) is 72.3 Å². The molecule has 27 heavy (non-hydrogen) atoms. The average Bonchev–Trinajstić information content (AvgIpc) is 3.22. The molecule has 3 rings (SSSR count). The summed E-state index contributed by atoms with van der Waals surface area (Å²) in [5, 5.41) is 8.65. The number of nitrogens with one attached hydrogen (secondary N) is 2. The molecule has 140 valence electrons. The van der Waals surface area contributed by atoms with Crippen molar-refractivity contribution in [2.75, 3.05) is 6.54 Å². The van der Waals surface area contributed by atoms with Gasteiger partial charge in [0.2, 0.25) is 5.91 Å². The molecule has 1 amide bonds. The van der Waals surface area contributed by atoms with E-state index < -0.39 is 0 Å². The van der Waals surface area contributed by atoms with Crippen LogP contribution in [0.25, 0.3) is 0 Å². The molecule has 0 unspecified atom stereocenters. The maximum atomic E-state index is 12.6. The van der Waals surface area contributed by atoms with Crippen LogP contribution in [-0.4, -0.2) is 12.5 Å². The van der Waals surface area contributed by atoms with Crippen LogP contribution in [0.3, 0.4) is 0 Å². The molecule has 0 radical (unpaired) electrons. The highest BCUT2D eigenvalue weighted by Gasteiger charge is 2.17. The molecule has 3 nitrogen and oxygen atoms in total. The minimum atomic E-state index is 0.0138. The van der Waals surface area contributed by atoms with Crippen molar-refractivity contribution in [2.24, 2.45) is 0 Å². The lowest BCUT2D eigenvalue weighted by atomic mass is 10.0. The highest BCUT2D eigenvalue weighted by molar-refractivity contribution is 7.10.